The van der Waals surface area contributed by atoms with Gasteiger partial charge in [0.15, 0.2) is 0 Å². The van der Waals surface area contributed by atoms with Gasteiger partial charge in [0.25, 0.3) is 0 Å². The molecule has 1 N–H and O–H groups in total. The molecule has 5 heteroatoms. The largest absolute Gasteiger partial charge is 0.465 e. The number of carboxylic acid groups (broad SMARTS) is 1. The molecule has 4 nitrogen and oxygen atoms in total. The molecule has 0 saturated carbocycles. The minimum Gasteiger partial charge on any atom is -0.465 e. The van der Waals surface area contributed by atoms with Crippen LogP contribution >= 0.6 is 15.9 Å². The summed E-state index contributed by atoms with van der Waals surface area (Å²) in [6.07, 6.45) is 0.286. The standard InChI is InChI=1S/C12H12BrNO3/c13-10-3-1-2-9(6-10)12(4-5-15)7-14(8-12)11(16)17/h1-3,5-6H,4,7-8H2,(H,16,17). The SMILES string of the molecule is O=CCC1(c2cccc(Br)c2)CN(C(=O)O)C1. The van der Waals surface area contributed by atoms with Gasteiger partial charge in [-0.15, -0.1) is 0 Å². The Hall–Kier alpha value is -1.36. The molecule has 0 spiro atoms. The lowest BCUT2D eigenvalue weighted by atomic mass is 9.72. The van der Waals surface area contributed by atoms with Gasteiger partial charge in [0.2, 0.25) is 0 Å². The maximum Gasteiger partial charge on any atom is 0.407 e. The van der Waals surface area contributed by atoms with Crippen molar-refractivity contribution < 1.29 is 14.7 Å². The van der Waals surface area contributed by atoms with E-state index in [1.165, 1.54) is 4.90 Å². The van der Waals surface area contributed by atoms with Crippen LogP contribution in [0.5, 0.6) is 0 Å². The van der Waals surface area contributed by atoms with E-state index in [9.17, 15) is 9.59 Å². The number of amides is 1. The molecule has 0 bridgehead atoms. The number of benzene rings is 1. The molecule has 1 aliphatic heterocycles. The third kappa shape index (κ3) is 2.20. The number of hydrogen-bond donors (Lipinski definition) is 1. The van der Waals surface area contributed by atoms with Crippen LogP contribution in [-0.2, 0) is 10.2 Å². The summed E-state index contributed by atoms with van der Waals surface area (Å²) in [5.41, 5.74) is 0.667. The second kappa shape index (κ2) is 4.49. The van der Waals surface area contributed by atoms with Crippen LogP contribution in [0.25, 0.3) is 0 Å². The molecule has 2 rings (SSSR count). The van der Waals surface area contributed by atoms with Gasteiger partial charge >= 0.3 is 6.09 Å². The number of nitrogens with zero attached hydrogens (tertiary/aromatic N) is 1. The normalized spacial score (nSPS) is 17.4. The first kappa shape index (κ1) is 12.1. The summed E-state index contributed by atoms with van der Waals surface area (Å²) in [4.78, 5) is 22.9. The molecule has 0 radical (unpaired) electrons. The Balaban J connectivity index is 2.25. The molecule has 1 heterocycles. The van der Waals surface area contributed by atoms with Gasteiger partial charge in [0, 0.05) is 29.4 Å². The molecule has 90 valence electrons. The lowest BCUT2D eigenvalue weighted by Gasteiger charge is -2.48. The summed E-state index contributed by atoms with van der Waals surface area (Å²) in [7, 11) is 0. The molecule has 1 amide bonds. The number of carbonyl (C=O) groups excluding carboxylic acids is 1. The molecule has 1 aromatic carbocycles. The highest BCUT2D eigenvalue weighted by Crippen LogP contribution is 2.38. The summed E-state index contributed by atoms with van der Waals surface area (Å²) < 4.78 is 0.939. The molecule has 1 aliphatic rings. The lowest BCUT2D eigenvalue weighted by Crippen LogP contribution is -2.61. The zero-order chi connectivity index (χ0) is 12.5. The summed E-state index contributed by atoms with van der Waals surface area (Å²) >= 11 is 3.38. The third-order valence-electron chi connectivity index (χ3n) is 3.17. The van der Waals surface area contributed by atoms with Crippen LogP contribution in [-0.4, -0.2) is 35.5 Å². The average molecular weight is 298 g/mol. The molecule has 0 aromatic heterocycles. The summed E-state index contributed by atoms with van der Waals surface area (Å²) in [5, 5.41) is 8.86. The van der Waals surface area contributed by atoms with Crippen LogP contribution in [0, 0.1) is 0 Å². The van der Waals surface area contributed by atoms with Gasteiger partial charge in [-0.1, -0.05) is 28.1 Å². The van der Waals surface area contributed by atoms with Crippen molar-refractivity contribution in [2.45, 2.75) is 11.8 Å². The van der Waals surface area contributed by atoms with Gasteiger partial charge in [0.05, 0.1) is 0 Å². The Labute approximate surface area is 107 Å². The topological polar surface area (TPSA) is 57.6 Å². The van der Waals surface area contributed by atoms with Crippen LogP contribution in [0.1, 0.15) is 12.0 Å². The van der Waals surface area contributed by atoms with E-state index in [0.29, 0.717) is 19.5 Å². The number of likely N-dealkylation sites (tertiary alicyclic amines) is 1. The molecule has 0 unspecified atom stereocenters. The predicted molar refractivity (Wildman–Crippen MR) is 66.1 cm³/mol. The van der Waals surface area contributed by atoms with E-state index >= 15 is 0 Å². The van der Waals surface area contributed by atoms with Gasteiger partial charge < -0.3 is 14.8 Å². The number of rotatable bonds is 3. The number of hydrogen-bond acceptors (Lipinski definition) is 2. The first-order chi connectivity index (χ1) is 8.07. The zero-order valence-electron chi connectivity index (χ0n) is 9.10. The fourth-order valence-electron chi connectivity index (χ4n) is 2.23. The molecule has 1 fully saturated rings. The first-order valence-electron chi connectivity index (χ1n) is 5.25. The molecule has 0 aliphatic carbocycles. The predicted octanol–water partition coefficient (Wildman–Crippen LogP) is 2.27. The van der Waals surface area contributed by atoms with Gasteiger partial charge in [-0.25, -0.2) is 4.79 Å². The van der Waals surface area contributed by atoms with Crippen molar-refractivity contribution in [3.63, 3.8) is 0 Å². The lowest BCUT2D eigenvalue weighted by molar-refractivity contribution is -0.110. The van der Waals surface area contributed by atoms with E-state index in [2.05, 4.69) is 15.9 Å². The van der Waals surface area contributed by atoms with Crippen LogP contribution in [0.4, 0.5) is 4.79 Å². The minimum absolute atomic E-state index is 0.343. The van der Waals surface area contributed by atoms with E-state index in [-0.39, 0.29) is 5.41 Å². The second-order valence-corrected chi connectivity index (χ2v) is 5.22. The van der Waals surface area contributed by atoms with Crippen molar-refractivity contribution in [2.75, 3.05) is 13.1 Å². The van der Waals surface area contributed by atoms with E-state index in [1.54, 1.807) is 0 Å². The highest BCUT2D eigenvalue weighted by atomic mass is 79.9. The Kier molecular flexibility index (Phi) is 3.19. The Morgan fingerprint density at radius 2 is 2.24 bits per heavy atom. The minimum atomic E-state index is -0.929. The van der Waals surface area contributed by atoms with Crippen molar-refractivity contribution in [3.05, 3.63) is 34.3 Å². The van der Waals surface area contributed by atoms with Crippen LogP contribution in [0.15, 0.2) is 28.7 Å². The summed E-state index contributed by atoms with van der Waals surface area (Å²) in [5.74, 6) is 0. The first-order valence-corrected chi connectivity index (χ1v) is 6.04. The van der Waals surface area contributed by atoms with Crippen molar-refractivity contribution in [1.29, 1.82) is 0 Å². The Bertz CT molecular complexity index is 455. The second-order valence-electron chi connectivity index (χ2n) is 4.30. The maximum absolute atomic E-state index is 10.8. The fourth-order valence-corrected chi connectivity index (χ4v) is 2.63. The highest BCUT2D eigenvalue weighted by Gasteiger charge is 2.46. The van der Waals surface area contributed by atoms with Gasteiger partial charge in [-0.05, 0) is 17.7 Å². The third-order valence-corrected chi connectivity index (χ3v) is 3.66. The van der Waals surface area contributed by atoms with Crippen molar-refractivity contribution in [3.8, 4) is 0 Å². The van der Waals surface area contributed by atoms with Crippen LogP contribution in [0.3, 0.4) is 0 Å². The quantitative estimate of drug-likeness (QED) is 0.871. The van der Waals surface area contributed by atoms with E-state index < -0.39 is 6.09 Å². The molecule has 1 aromatic rings. The van der Waals surface area contributed by atoms with E-state index in [1.807, 2.05) is 24.3 Å². The Morgan fingerprint density at radius 3 is 2.76 bits per heavy atom. The molecular weight excluding hydrogens is 286 g/mol. The average Bonchev–Trinajstić information content (AvgIpc) is 2.22. The number of aldehydes is 1. The smallest absolute Gasteiger partial charge is 0.407 e. The molecule has 0 atom stereocenters. The van der Waals surface area contributed by atoms with Crippen molar-refractivity contribution in [2.24, 2.45) is 0 Å². The number of carbonyl (C=O) groups is 2. The molecule has 17 heavy (non-hydrogen) atoms. The highest BCUT2D eigenvalue weighted by molar-refractivity contribution is 9.10. The molecular formula is C12H12BrNO3. The fraction of sp³-hybridized carbons (Fsp3) is 0.333. The van der Waals surface area contributed by atoms with Crippen molar-refractivity contribution >= 4 is 28.3 Å². The maximum atomic E-state index is 10.8. The van der Waals surface area contributed by atoms with Gasteiger partial charge in [-0.3, -0.25) is 0 Å². The summed E-state index contributed by atoms with van der Waals surface area (Å²) in [6, 6.07) is 7.69. The van der Waals surface area contributed by atoms with Gasteiger partial charge in [-0.2, -0.15) is 0 Å². The van der Waals surface area contributed by atoms with E-state index in [0.717, 1.165) is 16.3 Å². The monoisotopic (exact) mass is 297 g/mol. The van der Waals surface area contributed by atoms with Crippen LogP contribution < -0.4 is 0 Å². The Morgan fingerprint density at radius 1 is 1.53 bits per heavy atom. The van der Waals surface area contributed by atoms with Crippen molar-refractivity contribution in [1.82, 2.24) is 4.90 Å². The zero-order valence-corrected chi connectivity index (χ0v) is 10.7. The van der Waals surface area contributed by atoms with Crippen LogP contribution in [0.2, 0.25) is 0 Å². The van der Waals surface area contributed by atoms with Gasteiger partial charge in [0.1, 0.15) is 6.29 Å². The van der Waals surface area contributed by atoms with E-state index in [4.69, 9.17) is 5.11 Å². The molecule has 1 saturated heterocycles. The summed E-state index contributed by atoms with van der Waals surface area (Å²) in [6.45, 7) is 0.773. The number of halogens is 1.